The van der Waals surface area contributed by atoms with Crippen LogP contribution in [0.15, 0.2) is 48.5 Å². The van der Waals surface area contributed by atoms with Gasteiger partial charge < -0.3 is 9.84 Å². The maximum atomic E-state index is 11.7. The van der Waals surface area contributed by atoms with Crippen LogP contribution in [0.2, 0.25) is 0 Å². The van der Waals surface area contributed by atoms with E-state index in [1.54, 1.807) is 6.07 Å². The number of fused-ring (bicyclic) bond motifs is 1. The van der Waals surface area contributed by atoms with E-state index in [9.17, 15) is 9.90 Å². The van der Waals surface area contributed by atoms with Crippen LogP contribution in [-0.4, -0.2) is 22.7 Å². The molecular weight excluding hydrogens is 302 g/mol. The number of para-hydroxylation sites is 1. The van der Waals surface area contributed by atoms with Gasteiger partial charge in [-0.25, -0.2) is 9.78 Å². The highest BCUT2D eigenvalue weighted by Gasteiger charge is 2.14. The van der Waals surface area contributed by atoms with Crippen LogP contribution in [-0.2, 0) is 6.42 Å². The number of benzene rings is 2. The number of carboxylic acid groups (broad SMARTS) is 1. The molecule has 0 atom stereocenters. The van der Waals surface area contributed by atoms with Crippen LogP contribution in [0.4, 0.5) is 0 Å². The lowest BCUT2D eigenvalue weighted by Crippen LogP contribution is -2.02. The summed E-state index contributed by atoms with van der Waals surface area (Å²) in [5.74, 6) is -0.155. The molecule has 4 nitrogen and oxygen atoms in total. The molecule has 122 valence electrons. The van der Waals surface area contributed by atoms with Crippen molar-refractivity contribution in [2.75, 3.05) is 6.61 Å². The molecule has 0 spiro atoms. The topological polar surface area (TPSA) is 59.4 Å². The second-order valence-electron chi connectivity index (χ2n) is 5.48. The summed E-state index contributed by atoms with van der Waals surface area (Å²) in [6.07, 6.45) is 0.802. The molecule has 1 N–H and O–H groups in total. The monoisotopic (exact) mass is 321 g/mol. The van der Waals surface area contributed by atoms with E-state index in [4.69, 9.17) is 9.72 Å². The Labute approximate surface area is 140 Å². The minimum Gasteiger partial charge on any atom is -0.494 e. The first-order valence-electron chi connectivity index (χ1n) is 8.03. The van der Waals surface area contributed by atoms with Crippen molar-refractivity contribution in [1.29, 1.82) is 0 Å². The van der Waals surface area contributed by atoms with Crippen molar-refractivity contribution in [3.05, 3.63) is 59.7 Å². The Morgan fingerprint density at radius 2 is 1.88 bits per heavy atom. The minimum atomic E-state index is -0.942. The lowest BCUT2D eigenvalue weighted by molar-refractivity contribution is 0.0699. The van der Waals surface area contributed by atoms with E-state index in [1.807, 2.05) is 56.3 Å². The van der Waals surface area contributed by atoms with Gasteiger partial charge in [0.15, 0.2) is 0 Å². The summed E-state index contributed by atoms with van der Waals surface area (Å²) in [7, 11) is 0. The van der Waals surface area contributed by atoms with Gasteiger partial charge in [-0.2, -0.15) is 0 Å². The number of carbonyl (C=O) groups is 1. The average Bonchev–Trinajstić information content (AvgIpc) is 2.61. The molecule has 4 heteroatoms. The van der Waals surface area contributed by atoms with E-state index < -0.39 is 5.97 Å². The highest BCUT2D eigenvalue weighted by molar-refractivity contribution is 6.04. The van der Waals surface area contributed by atoms with E-state index in [-0.39, 0.29) is 5.56 Å². The molecule has 1 heterocycles. The lowest BCUT2D eigenvalue weighted by atomic mass is 10.0. The second-order valence-corrected chi connectivity index (χ2v) is 5.48. The number of pyridine rings is 1. The fraction of sp³-hybridized carbons (Fsp3) is 0.200. The molecular formula is C20H19NO3. The Morgan fingerprint density at radius 3 is 2.50 bits per heavy atom. The standard InChI is InChI=1S/C20H19NO3/c1-3-13-6-5-7-16-17(20(22)23)12-18(21-19(13)16)14-8-10-15(11-9-14)24-4-2/h5-12H,3-4H2,1-2H3,(H,22,23). The Bertz CT molecular complexity index is 885. The summed E-state index contributed by atoms with van der Waals surface area (Å²) < 4.78 is 5.45. The first kappa shape index (κ1) is 16.0. The summed E-state index contributed by atoms with van der Waals surface area (Å²) in [6, 6.07) is 14.9. The van der Waals surface area contributed by atoms with E-state index in [0.717, 1.165) is 28.8 Å². The van der Waals surface area contributed by atoms with Crippen molar-refractivity contribution in [3.63, 3.8) is 0 Å². The van der Waals surface area contributed by atoms with Gasteiger partial charge in [0, 0.05) is 10.9 Å². The maximum Gasteiger partial charge on any atom is 0.336 e. The molecule has 0 amide bonds. The van der Waals surface area contributed by atoms with Crippen molar-refractivity contribution in [1.82, 2.24) is 4.98 Å². The number of nitrogens with zero attached hydrogens (tertiary/aromatic N) is 1. The molecule has 0 aliphatic carbocycles. The predicted molar refractivity (Wildman–Crippen MR) is 94.7 cm³/mol. The normalized spacial score (nSPS) is 10.8. The van der Waals surface area contributed by atoms with E-state index in [1.165, 1.54) is 0 Å². The molecule has 0 radical (unpaired) electrons. The number of hydrogen-bond acceptors (Lipinski definition) is 3. The van der Waals surface area contributed by atoms with Gasteiger partial charge in [-0.05, 0) is 49.2 Å². The summed E-state index contributed by atoms with van der Waals surface area (Å²) >= 11 is 0. The zero-order valence-electron chi connectivity index (χ0n) is 13.7. The quantitative estimate of drug-likeness (QED) is 0.748. The van der Waals surface area contributed by atoms with E-state index >= 15 is 0 Å². The molecule has 0 fully saturated rings. The molecule has 1 aromatic heterocycles. The van der Waals surface area contributed by atoms with Gasteiger partial charge in [0.25, 0.3) is 0 Å². The fourth-order valence-electron chi connectivity index (χ4n) is 2.81. The third-order valence-electron chi connectivity index (χ3n) is 4.00. The molecule has 24 heavy (non-hydrogen) atoms. The van der Waals surface area contributed by atoms with Crippen LogP contribution in [0.5, 0.6) is 5.75 Å². The number of aryl methyl sites for hydroxylation is 1. The number of carboxylic acids is 1. The third-order valence-corrected chi connectivity index (χ3v) is 4.00. The second kappa shape index (κ2) is 6.71. The smallest absolute Gasteiger partial charge is 0.336 e. The Kier molecular flexibility index (Phi) is 4.47. The van der Waals surface area contributed by atoms with Gasteiger partial charge in [0.2, 0.25) is 0 Å². The number of rotatable bonds is 5. The number of aromatic carboxylic acids is 1. The zero-order chi connectivity index (χ0) is 17.1. The molecule has 0 bridgehead atoms. The summed E-state index contributed by atoms with van der Waals surface area (Å²) in [5.41, 5.74) is 3.60. The zero-order valence-corrected chi connectivity index (χ0v) is 13.7. The average molecular weight is 321 g/mol. The van der Waals surface area contributed by atoms with Crippen molar-refractivity contribution in [2.45, 2.75) is 20.3 Å². The molecule has 0 unspecified atom stereocenters. The van der Waals surface area contributed by atoms with Gasteiger partial charge in [0.05, 0.1) is 23.4 Å². The maximum absolute atomic E-state index is 11.7. The van der Waals surface area contributed by atoms with Crippen LogP contribution in [0.1, 0.15) is 29.8 Å². The number of aromatic nitrogens is 1. The van der Waals surface area contributed by atoms with Gasteiger partial charge in [-0.1, -0.05) is 25.1 Å². The van der Waals surface area contributed by atoms with Crippen LogP contribution in [0.25, 0.3) is 22.2 Å². The third kappa shape index (κ3) is 2.95. The molecule has 0 aliphatic rings. The highest BCUT2D eigenvalue weighted by atomic mass is 16.5. The predicted octanol–water partition coefficient (Wildman–Crippen LogP) is 4.56. The van der Waals surface area contributed by atoms with Crippen LogP contribution >= 0.6 is 0 Å². The van der Waals surface area contributed by atoms with Crippen molar-refractivity contribution < 1.29 is 14.6 Å². The minimum absolute atomic E-state index is 0.277. The van der Waals surface area contributed by atoms with E-state index in [2.05, 4.69) is 0 Å². The van der Waals surface area contributed by atoms with E-state index in [0.29, 0.717) is 17.7 Å². The molecule has 3 rings (SSSR count). The molecule has 2 aromatic carbocycles. The molecule has 3 aromatic rings. The molecule has 0 saturated heterocycles. The van der Waals surface area contributed by atoms with Crippen LogP contribution < -0.4 is 4.74 Å². The van der Waals surface area contributed by atoms with Gasteiger partial charge in [0.1, 0.15) is 5.75 Å². The van der Waals surface area contributed by atoms with Crippen LogP contribution in [0.3, 0.4) is 0 Å². The largest absolute Gasteiger partial charge is 0.494 e. The SMILES string of the molecule is CCOc1ccc(-c2cc(C(=O)O)c3cccc(CC)c3n2)cc1. The summed E-state index contributed by atoms with van der Waals surface area (Å²) in [4.78, 5) is 16.4. The van der Waals surface area contributed by atoms with Gasteiger partial charge in [-0.15, -0.1) is 0 Å². The van der Waals surface area contributed by atoms with Crippen molar-refractivity contribution >= 4 is 16.9 Å². The van der Waals surface area contributed by atoms with Crippen LogP contribution in [0, 0.1) is 0 Å². The Balaban J connectivity index is 2.19. The Morgan fingerprint density at radius 1 is 1.12 bits per heavy atom. The fourth-order valence-corrected chi connectivity index (χ4v) is 2.81. The summed E-state index contributed by atoms with van der Waals surface area (Å²) in [5, 5.41) is 10.3. The highest BCUT2D eigenvalue weighted by Crippen LogP contribution is 2.28. The van der Waals surface area contributed by atoms with Crippen molar-refractivity contribution in [3.8, 4) is 17.0 Å². The lowest BCUT2D eigenvalue weighted by Gasteiger charge is -2.10. The first-order valence-corrected chi connectivity index (χ1v) is 8.03. The van der Waals surface area contributed by atoms with Gasteiger partial charge in [-0.3, -0.25) is 0 Å². The molecule has 0 saturated carbocycles. The summed E-state index contributed by atoms with van der Waals surface area (Å²) in [6.45, 7) is 4.58. The molecule has 0 aliphatic heterocycles. The number of hydrogen-bond donors (Lipinski definition) is 1. The first-order chi connectivity index (χ1) is 11.6. The Hall–Kier alpha value is -2.88. The number of ether oxygens (including phenoxy) is 1. The van der Waals surface area contributed by atoms with Crippen molar-refractivity contribution in [2.24, 2.45) is 0 Å². The van der Waals surface area contributed by atoms with Gasteiger partial charge >= 0.3 is 5.97 Å².